The predicted octanol–water partition coefficient (Wildman–Crippen LogP) is -0.260. The Morgan fingerprint density at radius 3 is 3.10 bits per heavy atom. The van der Waals surface area contributed by atoms with E-state index in [9.17, 15) is 4.79 Å². The molecule has 0 aliphatic heterocycles. The zero-order valence-electron chi connectivity index (χ0n) is 5.59. The number of hydrogen-bond donors (Lipinski definition) is 2. The SMILES string of the molecule is C[C@H](N)C(=O)c1[c]n[nH]c1. The van der Waals surface area contributed by atoms with Gasteiger partial charge in [0.15, 0.2) is 5.78 Å². The van der Waals surface area contributed by atoms with E-state index in [0.717, 1.165) is 0 Å². The Labute approximate surface area is 58.4 Å². The summed E-state index contributed by atoms with van der Waals surface area (Å²) >= 11 is 0. The minimum atomic E-state index is -0.478. The molecule has 1 heterocycles. The second-order valence-corrected chi connectivity index (χ2v) is 2.06. The van der Waals surface area contributed by atoms with Crippen LogP contribution in [0, 0.1) is 6.20 Å². The third kappa shape index (κ3) is 1.22. The molecule has 3 N–H and O–H groups in total. The molecule has 0 amide bonds. The van der Waals surface area contributed by atoms with Gasteiger partial charge >= 0.3 is 0 Å². The van der Waals surface area contributed by atoms with Crippen molar-refractivity contribution in [1.82, 2.24) is 10.2 Å². The number of nitrogens with two attached hydrogens (primary N) is 1. The van der Waals surface area contributed by atoms with Crippen molar-refractivity contribution in [2.24, 2.45) is 5.73 Å². The largest absolute Gasteiger partial charge is 0.321 e. The summed E-state index contributed by atoms with van der Waals surface area (Å²) in [6, 6.07) is -0.478. The molecule has 1 radical (unpaired) electrons. The topological polar surface area (TPSA) is 71.8 Å². The summed E-state index contributed by atoms with van der Waals surface area (Å²) in [4.78, 5) is 11.0. The van der Waals surface area contributed by atoms with Gasteiger partial charge in [-0.2, -0.15) is 5.10 Å². The van der Waals surface area contributed by atoms with Crippen LogP contribution in [-0.2, 0) is 0 Å². The Morgan fingerprint density at radius 1 is 2.00 bits per heavy atom. The Morgan fingerprint density at radius 2 is 2.70 bits per heavy atom. The molecule has 0 spiro atoms. The second-order valence-electron chi connectivity index (χ2n) is 2.06. The number of ketones is 1. The van der Waals surface area contributed by atoms with E-state index in [1.807, 2.05) is 0 Å². The predicted molar refractivity (Wildman–Crippen MR) is 35.4 cm³/mol. The number of aromatic amines is 1. The highest BCUT2D eigenvalue weighted by Gasteiger charge is 2.10. The standard InChI is InChI=1S/C6H8N3O/c1-4(7)6(10)5-2-8-9-3-5/h2,4H,7H2,1H3,(H,8,9)/t4-/m0/s1. The van der Waals surface area contributed by atoms with Gasteiger partial charge in [0.05, 0.1) is 11.6 Å². The molecule has 10 heavy (non-hydrogen) atoms. The molecule has 0 saturated carbocycles. The number of rotatable bonds is 2. The second kappa shape index (κ2) is 2.62. The Kier molecular flexibility index (Phi) is 1.82. The van der Waals surface area contributed by atoms with Gasteiger partial charge in [0.25, 0.3) is 0 Å². The molecule has 53 valence electrons. The van der Waals surface area contributed by atoms with Gasteiger partial charge in [0, 0.05) is 6.20 Å². The molecule has 1 rings (SSSR count). The van der Waals surface area contributed by atoms with E-state index < -0.39 is 6.04 Å². The molecule has 0 unspecified atom stereocenters. The van der Waals surface area contributed by atoms with Crippen LogP contribution in [0.4, 0.5) is 0 Å². The summed E-state index contributed by atoms with van der Waals surface area (Å²) in [7, 11) is 0. The van der Waals surface area contributed by atoms with E-state index in [1.54, 1.807) is 6.92 Å². The fourth-order valence-electron chi connectivity index (χ4n) is 0.593. The Balaban J connectivity index is 2.78. The first kappa shape index (κ1) is 6.95. The summed E-state index contributed by atoms with van der Waals surface area (Å²) in [5.74, 6) is -0.145. The summed E-state index contributed by atoms with van der Waals surface area (Å²) in [6.07, 6.45) is 3.96. The lowest BCUT2D eigenvalue weighted by Gasteiger charge is -1.97. The molecule has 1 aromatic rings. The zero-order valence-corrected chi connectivity index (χ0v) is 5.59. The van der Waals surface area contributed by atoms with Gasteiger partial charge in [0.2, 0.25) is 0 Å². The lowest BCUT2D eigenvalue weighted by atomic mass is 10.1. The highest BCUT2D eigenvalue weighted by molar-refractivity contribution is 5.98. The minimum Gasteiger partial charge on any atom is -0.321 e. The van der Waals surface area contributed by atoms with Crippen LogP contribution in [0.3, 0.4) is 0 Å². The normalized spacial score (nSPS) is 13.0. The van der Waals surface area contributed by atoms with Crippen molar-refractivity contribution >= 4 is 5.78 Å². The average molecular weight is 138 g/mol. The molecule has 0 bridgehead atoms. The lowest BCUT2D eigenvalue weighted by Crippen LogP contribution is -2.26. The molecule has 0 aromatic carbocycles. The molecule has 1 atom stereocenters. The van der Waals surface area contributed by atoms with Crippen molar-refractivity contribution < 1.29 is 4.79 Å². The molecule has 1 aromatic heterocycles. The first-order valence-electron chi connectivity index (χ1n) is 2.93. The van der Waals surface area contributed by atoms with E-state index in [1.165, 1.54) is 6.20 Å². The summed E-state index contributed by atoms with van der Waals surface area (Å²) in [5, 5.41) is 5.98. The third-order valence-corrected chi connectivity index (χ3v) is 1.13. The summed E-state index contributed by atoms with van der Waals surface area (Å²) in [6.45, 7) is 1.63. The number of nitrogens with zero attached hydrogens (tertiary/aromatic N) is 1. The van der Waals surface area contributed by atoms with Crippen molar-refractivity contribution in [3.63, 3.8) is 0 Å². The van der Waals surface area contributed by atoms with Crippen molar-refractivity contribution in [2.75, 3.05) is 0 Å². The maximum absolute atomic E-state index is 11.0. The van der Waals surface area contributed by atoms with E-state index in [-0.39, 0.29) is 5.78 Å². The maximum atomic E-state index is 11.0. The van der Waals surface area contributed by atoms with E-state index in [2.05, 4.69) is 16.4 Å². The van der Waals surface area contributed by atoms with Gasteiger partial charge < -0.3 is 5.73 Å². The van der Waals surface area contributed by atoms with Gasteiger partial charge in [-0.05, 0) is 6.92 Å². The fourth-order valence-corrected chi connectivity index (χ4v) is 0.593. The van der Waals surface area contributed by atoms with Crippen LogP contribution in [0.1, 0.15) is 17.3 Å². The number of nitrogens with one attached hydrogen (secondary N) is 1. The van der Waals surface area contributed by atoms with Gasteiger partial charge in [-0.15, -0.1) is 0 Å². The molecule has 4 nitrogen and oxygen atoms in total. The molecule has 0 aliphatic carbocycles. The monoisotopic (exact) mass is 138 g/mol. The van der Waals surface area contributed by atoms with Crippen molar-refractivity contribution in [3.05, 3.63) is 18.0 Å². The first-order chi connectivity index (χ1) is 4.72. The van der Waals surface area contributed by atoms with Crippen molar-refractivity contribution in [2.45, 2.75) is 13.0 Å². The maximum Gasteiger partial charge on any atom is 0.183 e. The third-order valence-electron chi connectivity index (χ3n) is 1.13. The molecule has 0 fully saturated rings. The van der Waals surface area contributed by atoms with E-state index >= 15 is 0 Å². The lowest BCUT2D eigenvalue weighted by molar-refractivity contribution is 0.0968. The fraction of sp³-hybridized carbons (Fsp3) is 0.333. The van der Waals surface area contributed by atoms with Crippen LogP contribution in [0.25, 0.3) is 0 Å². The number of H-pyrrole nitrogens is 1. The van der Waals surface area contributed by atoms with Crippen LogP contribution in [0.5, 0.6) is 0 Å². The molecule has 0 aliphatic rings. The molecule has 0 saturated heterocycles. The number of aromatic nitrogens is 2. The Bertz CT molecular complexity index is 215. The summed E-state index contributed by atoms with van der Waals surface area (Å²) in [5.41, 5.74) is 5.73. The number of carbonyl (C=O) groups excluding carboxylic acids is 1. The van der Waals surface area contributed by atoms with Crippen LogP contribution < -0.4 is 5.73 Å². The zero-order chi connectivity index (χ0) is 7.56. The summed E-state index contributed by atoms with van der Waals surface area (Å²) < 4.78 is 0. The number of carbonyl (C=O) groups is 1. The quantitative estimate of drug-likeness (QED) is 0.553. The number of hydrogen-bond acceptors (Lipinski definition) is 3. The average Bonchev–Trinajstić information content (AvgIpc) is 2.36. The van der Waals surface area contributed by atoms with Gasteiger partial charge in [0.1, 0.15) is 6.20 Å². The minimum absolute atomic E-state index is 0.145. The molecular formula is C6H8N3O. The first-order valence-corrected chi connectivity index (χ1v) is 2.93. The van der Waals surface area contributed by atoms with Gasteiger partial charge in [-0.1, -0.05) is 0 Å². The van der Waals surface area contributed by atoms with Crippen LogP contribution in [-0.4, -0.2) is 22.0 Å². The molecular weight excluding hydrogens is 130 g/mol. The highest BCUT2D eigenvalue weighted by atomic mass is 16.1. The van der Waals surface area contributed by atoms with Crippen molar-refractivity contribution in [1.29, 1.82) is 0 Å². The Hall–Kier alpha value is -1.16. The van der Waals surface area contributed by atoms with Gasteiger partial charge in [-0.3, -0.25) is 9.89 Å². The van der Waals surface area contributed by atoms with Gasteiger partial charge in [-0.25, -0.2) is 0 Å². The molecule has 4 heteroatoms. The van der Waals surface area contributed by atoms with Crippen molar-refractivity contribution in [3.8, 4) is 0 Å². The highest BCUT2D eigenvalue weighted by Crippen LogP contribution is 1.96. The van der Waals surface area contributed by atoms with E-state index in [0.29, 0.717) is 5.56 Å². The van der Waals surface area contributed by atoms with E-state index in [4.69, 9.17) is 5.73 Å². The van der Waals surface area contributed by atoms with Crippen LogP contribution >= 0.6 is 0 Å². The van der Waals surface area contributed by atoms with Crippen LogP contribution in [0.2, 0.25) is 0 Å². The smallest absolute Gasteiger partial charge is 0.183 e. The number of Topliss-reactive ketones (excluding diaryl/α,β-unsaturated/α-hetero) is 1. The van der Waals surface area contributed by atoms with Crippen LogP contribution in [0.15, 0.2) is 6.20 Å².